The van der Waals surface area contributed by atoms with Gasteiger partial charge in [0, 0.05) is 47.4 Å². The Balaban J connectivity index is 1.40. The number of piperidine rings is 1. The van der Waals surface area contributed by atoms with E-state index in [2.05, 4.69) is 35.3 Å². The molecule has 2 heterocycles. The van der Waals surface area contributed by atoms with Crippen molar-refractivity contribution in [3.8, 4) is 11.1 Å². The molecule has 3 aromatic carbocycles. The quantitative estimate of drug-likeness (QED) is 0.556. The molecule has 4 aromatic rings. The van der Waals surface area contributed by atoms with E-state index in [0.717, 1.165) is 40.3 Å². The number of rotatable bonds is 3. The molecule has 1 N–H and O–H groups in total. The summed E-state index contributed by atoms with van der Waals surface area (Å²) in [5.41, 5.74) is 2.91. The summed E-state index contributed by atoms with van der Waals surface area (Å²) in [7, 11) is 0. The maximum absolute atomic E-state index is 13.1. The van der Waals surface area contributed by atoms with Crippen LogP contribution in [0.15, 0.2) is 73.1 Å². The smallest absolute Gasteiger partial charge is 0.253 e. The first kappa shape index (κ1) is 17.6. The minimum Gasteiger partial charge on any atom is -0.396 e. The predicted molar refractivity (Wildman–Crippen MR) is 118 cm³/mol. The number of pyridine rings is 1. The van der Waals surface area contributed by atoms with Gasteiger partial charge in [-0.2, -0.15) is 0 Å². The van der Waals surface area contributed by atoms with Crippen LogP contribution in [-0.4, -0.2) is 40.6 Å². The fourth-order valence-electron chi connectivity index (χ4n) is 5.16. The topological polar surface area (TPSA) is 53.4 Å². The molecular weight excluding hydrogens is 372 g/mol. The lowest BCUT2D eigenvalue weighted by Gasteiger charge is -2.20. The third kappa shape index (κ3) is 2.57. The SMILES string of the molecule is O=C(c1ccc2c(-c3cncc4ccccc34)cccc2c1)N1C[C@H]2C[C@@]2(CO)C1. The zero-order chi connectivity index (χ0) is 20.3. The number of benzene rings is 3. The van der Waals surface area contributed by atoms with Gasteiger partial charge in [-0.3, -0.25) is 9.78 Å². The minimum atomic E-state index is -0.0267. The standard InChI is InChI=1S/C26H22N2O2/c29-16-26-11-20(26)14-28(15-26)25(30)18-8-9-22-17(10-18)5-3-7-23(22)24-13-27-12-19-4-1-2-6-21(19)24/h1-10,12-13,20,29H,11,14-16H2/t20-,26+/m1/s1. The number of hydrogen-bond acceptors (Lipinski definition) is 3. The number of fused-ring (bicyclic) bond motifs is 3. The zero-order valence-corrected chi connectivity index (χ0v) is 16.6. The summed E-state index contributed by atoms with van der Waals surface area (Å²) < 4.78 is 0. The third-order valence-corrected chi connectivity index (χ3v) is 6.99. The zero-order valence-electron chi connectivity index (χ0n) is 16.6. The average molecular weight is 394 g/mol. The van der Waals surface area contributed by atoms with Gasteiger partial charge in [0.15, 0.2) is 0 Å². The van der Waals surface area contributed by atoms with Crippen LogP contribution in [0, 0.1) is 11.3 Å². The van der Waals surface area contributed by atoms with Crippen LogP contribution in [-0.2, 0) is 0 Å². The highest BCUT2D eigenvalue weighted by atomic mass is 16.3. The molecule has 1 aromatic heterocycles. The third-order valence-electron chi connectivity index (χ3n) is 6.99. The van der Waals surface area contributed by atoms with Crippen LogP contribution >= 0.6 is 0 Å². The van der Waals surface area contributed by atoms with Gasteiger partial charge in [-0.15, -0.1) is 0 Å². The Bertz CT molecular complexity index is 1310. The van der Waals surface area contributed by atoms with Gasteiger partial charge in [-0.25, -0.2) is 0 Å². The number of aliphatic hydroxyl groups excluding tert-OH is 1. The van der Waals surface area contributed by atoms with Gasteiger partial charge in [0.1, 0.15) is 0 Å². The first-order valence-corrected chi connectivity index (χ1v) is 10.4. The van der Waals surface area contributed by atoms with E-state index < -0.39 is 0 Å². The average Bonchev–Trinajstić information content (AvgIpc) is 3.37. The largest absolute Gasteiger partial charge is 0.396 e. The number of amides is 1. The summed E-state index contributed by atoms with van der Waals surface area (Å²) in [5.74, 6) is 0.534. The van der Waals surface area contributed by atoms with Crippen molar-refractivity contribution < 1.29 is 9.90 Å². The Morgan fingerprint density at radius 2 is 1.83 bits per heavy atom. The summed E-state index contributed by atoms with van der Waals surface area (Å²) in [6.45, 7) is 1.62. The number of aliphatic hydroxyl groups is 1. The molecule has 1 aliphatic heterocycles. The lowest BCUT2D eigenvalue weighted by atomic mass is 9.95. The fraction of sp³-hybridized carbons (Fsp3) is 0.231. The highest BCUT2D eigenvalue weighted by molar-refractivity contribution is 6.07. The molecule has 30 heavy (non-hydrogen) atoms. The maximum Gasteiger partial charge on any atom is 0.253 e. The van der Waals surface area contributed by atoms with Crippen LogP contribution in [0.3, 0.4) is 0 Å². The van der Waals surface area contributed by atoms with E-state index in [1.807, 2.05) is 47.6 Å². The van der Waals surface area contributed by atoms with Crippen LogP contribution in [0.2, 0.25) is 0 Å². The molecular formula is C26H22N2O2. The van der Waals surface area contributed by atoms with Gasteiger partial charge in [0.25, 0.3) is 5.91 Å². The molecule has 1 amide bonds. The molecule has 6 rings (SSSR count). The Labute approximate surface area is 174 Å². The number of hydrogen-bond donors (Lipinski definition) is 1. The number of aromatic nitrogens is 1. The molecule has 1 saturated carbocycles. The summed E-state index contributed by atoms with van der Waals surface area (Å²) in [6, 6.07) is 20.5. The lowest BCUT2D eigenvalue weighted by molar-refractivity contribution is 0.0751. The van der Waals surface area contributed by atoms with Crippen molar-refractivity contribution in [3.63, 3.8) is 0 Å². The second-order valence-corrected chi connectivity index (χ2v) is 8.76. The highest BCUT2D eigenvalue weighted by Crippen LogP contribution is 2.57. The van der Waals surface area contributed by atoms with Crippen LogP contribution in [0.4, 0.5) is 0 Å². The Hall–Kier alpha value is -3.24. The summed E-state index contributed by atoms with van der Waals surface area (Å²) in [4.78, 5) is 19.4. The van der Waals surface area contributed by atoms with Crippen LogP contribution in [0.5, 0.6) is 0 Å². The van der Waals surface area contributed by atoms with E-state index in [9.17, 15) is 9.90 Å². The Morgan fingerprint density at radius 1 is 1.00 bits per heavy atom. The van der Waals surface area contributed by atoms with Crippen LogP contribution in [0.1, 0.15) is 16.8 Å². The van der Waals surface area contributed by atoms with Crippen molar-refractivity contribution in [2.45, 2.75) is 6.42 Å². The molecule has 2 atom stereocenters. The van der Waals surface area contributed by atoms with Crippen molar-refractivity contribution >= 4 is 27.5 Å². The van der Waals surface area contributed by atoms with E-state index in [1.54, 1.807) is 0 Å². The molecule has 0 radical (unpaired) electrons. The summed E-state index contributed by atoms with van der Waals surface area (Å²) >= 11 is 0. The molecule has 2 aliphatic rings. The molecule has 0 bridgehead atoms. The van der Waals surface area contributed by atoms with Crippen molar-refractivity contribution in [1.29, 1.82) is 0 Å². The van der Waals surface area contributed by atoms with Crippen LogP contribution in [0.25, 0.3) is 32.7 Å². The van der Waals surface area contributed by atoms with E-state index in [4.69, 9.17) is 0 Å². The van der Waals surface area contributed by atoms with Crippen molar-refractivity contribution in [2.24, 2.45) is 11.3 Å². The predicted octanol–water partition coefficient (Wildman–Crippen LogP) is 4.51. The second kappa shape index (κ2) is 6.38. The molecule has 2 fully saturated rings. The number of carbonyl (C=O) groups excluding carboxylic acids is 1. The lowest BCUT2D eigenvalue weighted by Crippen LogP contribution is -2.32. The number of nitrogens with zero attached hydrogens (tertiary/aromatic N) is 2. The van der Waals surface area contributed by atoms with Gasteiger partial charge in [0.05, 0.1) is 6.61 Å². The Kier molecular flexibility index (Phi) is 3.74. The van der Waals surface area contributed by atoms with Gasteiger partial charge in [-0.05, 0) is 46.2 Å². The Morgan fingerprint density at radius 3 is 2.70 bits per heavy atom. The van der Waals surface area contributed by atoms with Gasteiger partial charge < -0.3 is 10.0 Å². The molecule has 0 spiro atoms. The van der Waals surface area contributed by atoms with Gasteiger partial charge in [-0.1, -0.05) is 48.5 Å². The second-order valence-electron chi connectivity index (χ2n) is 8.76. The number of carbonyl (C=O) groups is 1. The number of likely N-dealkylation sites (tertiary alicyclic amines) is 1. The molecule has 4 nitrogen and oxygen atoms in total. The van der Waals surface area contributed by atoms with Crippen molar-refractivity contribution in [3.05, 3.63) is 78.6 Å². The minimum absolute atomic E-state index is 0.0267. The van der Waals surface area contributed by atoms with E-state index in [-0.39, 0.29) is 17.9 Å². The highest BCUT2D eigenvalue weighted by Gasteiger charge is 2.60. The molecule has 148 valence electrons. The molecule has 0 unspecified atom stereocenters. The molecule has 1 aliphatic carbocycles. The van der Waals surface area contributed by atoms with E-state index >= 15 is 0 Å². The van der Waals surface area contributed by atoms with Gasteiger partial charge >= 0.3 is 0 Å². The summed E-state index contributed by atoms with van der Waals surface area (Å²) in [6.07, 6.45) is 4.86. The fourth-order valence-corrected chi connectivity index (χ4v) is 5.16. The molecule has 4 heteroatoms. The first-order valence-electron chi connectivity index (χ1n) is 10.4. The van der Waals surface area contributed by atoms with E-state index in [1.165, 1.54) is 5.39 Å². The normalized spacial score (nSPS) is 22.4. The summed E-state index contributed by atoms with van der Waals surface area (Å²) in [5, 5.41) is 14.1. The van der Waals surface area contributed by atoms with E-state index in [0.29, 0.717) is 18.0 Å². The van der Waals surface area contributed by atoms with Crippen molar-refractivity contribution in [1.82, 2.24) is 9.88 Å². The monoisotopic (exact) mass is 394 g/mol. The van der Waals surface area contributed by atoms with Crippen molar-refractivity contribution in [2.75, 3.05) is 19.7 Å². The molecule has 1 saturated heterocycles. The van der Waals surface area contributed by atoms with Crippen LogP contribution < -0.4 is 0 Å². The van der Waals surface area contributed by atoms with Gasteiger partial charge in [0.2, 0.25) is 0 Å². The maximum atomic E-state index is 13.1. The first-order chi connectivity index (χ1) is 14.7.